The minimum absolute atomic E-state index is 0. The largest absolute Gasteiger partial charge is 1.00 e. The van der Waals surface area contributed by atoms with Crippen molar-refractivity contribution in [2.45, 2.75) is 49.3 Å². The van der Waals surface area contributed by atoms with Crippen molar-refractivity contribution in [1.82, 2.24) is 19.5 Å². The summed E-state index contributed by atoms with van der Waals surface area (Å²) in [5.41, 5.74) is -3.64. The first-order valence-corrected chi connectivity index (χ1v) is 14.6. The number of aromatic nitrogens is 4. The van der Waals surface area contributed by atoms with Gasteiger partial charge in [-0.05, 0) is 0 Å². The van der Waals surface area contributed by atoms with Crippen molar-refractivity contribution >= 4 is 15.4 Å². The second kappa shape index (κ2) is 18.9. The van der Waals surface area contributed by atoms with Crippen LogP contribution in [0.3, 0.4) is 0 Å². The molecule has 0 aliphatic carbocycles. The van der Waals surface area contributed by atoms with Gasteiger partial charge in [0.25, 0.3) is 11.1 Å². The molecule has 0 bridgehead atoms. The molecule has 0 unspecified atom stereocenters. The van der Waals surface area contributed by atoms with Crippen LogP contribution in [-0.4, -0.2) is 108 Å². The molecule has 2 aromatic heterocycles. The van der Waals surface area contributed by atoms with E-state index in [1.807, 2.05) is 4.98 Å². The van der Waals surface area contributed by atoms with E-state index in [2.05, 4.69) is 0 Å². The number of phosphoric acid groups is 1. The summed E-state index contributed by atoms with van der Waals surface area (Å²) >= 11 is 0. The topological polar surface area (TPSA) is 355 Å². The minimum atomic E-state index is -4.64. The fourth-order valence-corrected chi connectivity index (χ4v) is 4.01. The normalized spacial score (nSPS) is 24.4. The molecule has 0 aromatic carbocycles. The van der Waals surface area contributed by atoms with Crippen molar-refractivity contribution in [2.24, 2.45) is 0 Å². The molecule has 4 rings (SSSR count). The summed E-state index contributed by atoms with van der Waals surface area (Å²) in [6.07, 6.45) is -3.18. The second-order valence-corrected chi connectivity index (χ2v) is 11.2. The zero-order valence-corrected chi connectivity index (χ0v) is 27.2. The third kappa shape index (κ3) is 15.0. The molecule has 21 nitrogen and oxygen atoms in total. The molecule has 4 heterocycles. The summed E-state index contributed by atoms with van der Waals surface area (Å²) in [4.78, 5) is 86.9. The predicted octanol–water partition coefficient (Wildman–Crippen LogP) is -7.66. The molecule has 12 N–H and O–H groups in total. The number of halogens is 2. The summed E-state index contributed by atoms with van der Waals surface area (Å²) in [6, 6.07) is 0. The van der Waals surface area contributed by atoms with Crippen molar-refractivity contribution in [3.63, 3.8) is 0 Å². The van der Waals surface area contributed by atoms with Crippen LogP contribution in [0, 0.1) is 11.6 Å². The van der Waals surface area contributed by atoms with Gasteiger partial charge in [-0.15, -0.1) is 0 Å². The number of ether oxygens (including phenoxy) is 2. The van der Waals surface area contributed by atoms with E-state index in [1.165, 1.54) is 0 Å². The first-order chi connectivity index (χ1) is 19.7. The number of hydrogen-bond donors (Lipinski definition) is 12. The average Bonchev–Trinajstić information content (AvgIpc) is 3.45. The Morgan fingerprint density at radius 1 is 0.864 bits per heavy atom. The number of H-pyrrole nitrogens is 3. The van der Waals surface area contributed by atoms with Crippen LogP contribution < -0.4 is 73.9 Å². The van der Waals surface area contributed by atoms with Gasteiger partial charge >= 0.3 is 78.2 Å². The summed E-state index contributed by atoms with van der Waals surface area (Å²) in [5.74, 6) is -3.38. The van der Waals surface area contributed by atoms with E-state index in [1.54, 1.807) is 9.97 Å². The van der Waals surface area contributed by atoms with Crippen LogP contribution in [0.15, 0.2) is 31.6 Å². The maximum Gasteiger partial charge on any atom is 1.00 e. The summed E-state index contributed by atoms with van der Waals surface area (Å²) in [5, 5.41) is 36.0. The van der Waals surface area contributed by atoms with E-state index < -0.39 is 99.3 Å². The Balaban J connectivity index is 0. The van der Waals surface area contributed by atoms with E-state index in [0.29, 0.717) is 6.20 Å². The van der Waals surface area contributed by atoms with Gasteiger partial charge in [0, 0.05) is 19.0 Å². The van der Waals surface area contributed by atoms with Gasteiger partial charge in [0.1, 0.15) is 18.4 Å². The Hall–Kier alpha value is -1.12. The molecule has 44 heavy (non-hydrogen) atoms. The Labute approximate surface area is 286 Å². The van der Waals surface area contributed by atoms with Gasteiger partial charge in [-0.25, -0.2) is 14.2 Å². The van der Waals surface area contributed by atoms with Crippen LogP contribution in [-0.2, 0) is 18.6 Å². The Morgan fingerprint density at radius 3 is 1.73 bits per heavy atom. The third-order valence-corrected chi connectivity index (χ3v) is 6.23. The molecule has 248 valence electrons. The fraction of sp³-hybridized carbons (Fsp3) is 0.556. The molecular weight excluding hydrogens is 683 g/mol. The SMILES string of the molecule is O=P(O)(O)O.O=P(O)(O)[C@H]1C[C@@H](O)[C@@H](CO)O1.O=c1[nH]c(=O)n([C@H]2C[C@@H](O)[C@@H](CO)O2)cc1F.O=c1[nH]cc(F)c(=O)[nH]1.[H-].[K+]. The molecule has 2 saturated heterocycles. The number of hydrogen-bond acceptors (Lipinski definition) is 12. The number of rotatable bonds is 4. The van der Waals surface area contributed by atoms with Gasteiger partial charge in [0.2, 0.25) is 11.6 Å². The predicted molar refractivity (Wildman–Crippen MR) is 134 cm³/mol. The molecular formula is C18H29F2KN4O17P2. The zero-order valence-electron chi connectivity index (χ0n) is 23.3. The van der Waals surface area contributed by atoms with E-state index in [0.717, 1.165) is 10.8 Å². The van der Waals surface area contributed by atoms with Gasteiger partial charge in [0.05, 0.1) is 31.6 Å². The fourth-order valence-electron chi connectivity index (χ4n) is 3.21. The first kappa shape index (κ1) is 42.9. The smallest absolute Gasteiger partial charge is 1.00 e. The number of nitrogens with one attached hydrogen (secondary N) is 3. The molecule has 0 amide bonds. The zero-order chi connectivity index (χ0) is 33.3. The monoisotopic (exact) mass is 712 g/mol. The molecule has 2 aromatic rings. The van der Waals surface area contributed by atoms with Crippen LogP contribution >= 0.6 is 15.4 Å². The molecule has 2 aliphatic rings. The Kier molecular flexibility index (Phi) is 18.4. The van der Waals surface area contributed by atoms with Crippen LogP contribution in [0.4, 0.5) is 8.78 Å². The number of nitrogens with zero attached hydrogens (tertiary/aromatic N) is 1. The Morgan fingerprint density at radius 2 is 1.34 bits per heavy atom. The number of aliphatic hydroxyl groups excluding tert-OH is 4. The molecule has 26 heteroatoms. The van der Waals surface area contributed by atoms with Crippen molar-refractivity contribution in [1.29, 1.82) is 0 Å². The summed E-state index contributed by atoms with van der Waals surface area (Å²) in [7, 11) is -8.93. The van der Waals surface area contributed by atoms with Crippen molar-refractivity contribution < 1.29 is 125 Å². The summed E-state index contributed by atoms with van der Waals surface area (Å²) < 4.78 is 55.2. The molecule has 2 aliphatic heterocycles. The van der Waals surface area contributed by atoms with Crippen LogP contribution in [0.5, 0.6) is 0 Å². The minimum Gasteiger partial charge on any atom is -1.00 e. The standard InChI is InChI=1S/C9H11FN2O5.C5H11O6P.C4H3FN2O2.K.H3O4P.H/c10-4-2-12(9(16)11-8(4)15)7-1-5(14)6(3-13)17-7;6-2-4-3(7)1-5(11-4)12(8,9)10;5-2-1-6-4(9)7-3(2)8;;1-5(2,3)4;/h2,5-7,13-14H,1,3H2,(H,11,15,16);3-7H,1-2H2,(H2,8,9,10);1H,(H2,6,7,8,9);;(H3,1,2,3,4);/q;;;+1;;-1/t5-,6-,7-;3-,4-,5+;;;;/m11..../s1. The van der Waals surface area contributed by atoms with Gasteiger partial charge in [-0.2, -0.15) is 8.78 Å². The maximum atomic E-state index is 13.0. The van der Waals surface area contributed by atoms with Crippen LogP contribution in [0.1, 0.15) is 20.5 Å². The van der Waals surface area contributed by atoms with Gasteiger partial charge in [0.15, 0.2) is 5.85 Å². The quantitative estimate of drug-likeness (QED) is 0.103. The van der Waals surface area contributed by atoms with Crippen molar-refractivity contribution in [3.8, 4) is 0 Å². The van der Waals surface area contributed by atoms with E-state index >= 15 is 0 Å². The van der Waals surface area contributed by atoms with E-state index in [9.17, 15) is 37.6 Å². The van der Waals surface area contributed by atoms with Crippen molar-refractivity contribution in [3.05, 3.63) is 65.7 Å². The molecule has 0 spiro atoms. The first-order valence-electron chi connectivity index (χ1n) is 11.4. The third-order valence-electron chi connectivity index (χ3n) is 5.15. The number of aliphatic hydroxyl groups is 4. The average molecular weight is 712 g/mol. The van der Waals surface area contributed by atoms with Crippen molar-refractivity contribution in [2.75, 3.05) is 13.2 Å². The van der Waals surface area contributed by atoms with Gasteiger partial charge < -0.3 is 60.8 Å². The molecule has 0 saturated carbocycles. The van der Waals surface area contributed by atoms with E-state index in [4.69, 9.17) is 53.8 Å². The second-order valence-electron chi connectivity index (χ2n) is 8.40. The van der Waals surface area contributed by atoms with Gasteiger partial charge in [-0.1, -0.05) is 0 Å². The summed E-state index contributed by atoms with van der Waals surface area (Å²) in [6.45, 7) is -0.837. The number of aromatic amines is 3. The van der Waals surface area contributed by atoms with Crippen LogP contribution in [0.2, 0.25) is 0 Å². The Bertz CT molecular complexity index is 1520. The molecule has 0 radical (unpaired) electrons. The van der Waals surface area contributed by atoms with E-state index in [-0.39, 0.29) is 65.7 Å². The van der Waals surface area contributed by atoms with Gasteiger partial charge in [-0.3, -0.25) is 28.7 Å². The molecule has 2 fully saturated rings. The maximum absolute atomic E-state index is 13.0. The molecule has 6 atom stereocenters. The van der Waals surface area contributed by atoms with Crippen LogP contribution in [0.25, 0.3) is 0 Å².